The van der Waals surface area contributed by atoms with E-state index >= 15 is 0 Å². The molecule has 0 radical (unpaired) electrons. The van der Waals surface area contributed by atoms with E-state index < -0.39 is 0 Å². The molecule has 1 atom stereocenters. The van der Waals surface area contributed by atoms with Crippen LogP contribution in [0.5, 0.6) is 0 Å². The summed E-state index contributed by atoms with van der Waals surface area (Å²) >= 11 is 0. The van der Waals surface area contributed by atoms with Gasteiger partial charge in [0.1, 0.15) is 0 Å². The molecule has 1 unspecified atom stereocenters. The first-order valence-corrected chi connectivity index (χ1v) is 9.15. The van der Waals surface area contributed by atoms with Gasteiger partial charge in [0.2, 0.25) is 0 Å². The van der Waals surface area contributed by atoms with Gasteiger partial charge < -0.3 is 5.73 Å². The number of nitrogens with two attached hydrogens (primary N) is 1. The van der Waals surface area contributed by atoms with Gasteiger partial charge in [-0.15, -0.1) is 0 Å². The average Bonchev–Trinajstić information content (AvgIpc) is 2.59. The maximum atomic E-state index is 5.91. The van der Waals surface area contributed by atoms with Crippen LogP contribution < -0.4 is 5.73 Å². The number of aryl methyl sites for hydroxylation is 1. The predicted molar refractivity (Wildman–Crippen MR) is 100.0 cm³/mol. The van der Waals surface area contributed by atoms with Gasteiger partial charge in [-0.3, -0.25) is 0 Å². The quantitative estimate of drug-likeness (QED) is 0.672. The maximum absolute atomic E-state index is 5.91. The van der Waals surface area contributed by atoms with E-state index in [0.717, 1.165) is 18.0 Å². The zero-order valence-electron chi connectivity index (χ0n) is 14.5. The van der Waals surface area contributed by atoms with Gasteiger partial charge in [-0.2, -0.15) is 0 Å². The number of hydrogen-bond donors (Lipinski definition) is 1. The molecule has 122 valence electrons. The zero-order valence-corrected chi connectivity index (χ0v) is 14.5. The molecule has 3 rings (SSSR count). The highest BCUT2D eigenvalue weighted by molar-refractivity contribution is 5.47. The van der Waals surface area contributed by atoms with Crippen molar-refractivity contribution in [2.24, 2.45) is 0 Å². The normalized spacial score (nSPS) is 17.1. The van der Waals surface area contributed by atoms with E-state index in [2.05, 4.69) is 50.2 Å². The summed E-state index contributed by atoms with van der Waals surface area (Å²) in [5, 5.41) is 0. The summed E-state index contributed by atoms with van der Waals surface area (Å²) in [4.78, 5) is 0. The topological polar surface area (TPSA) is 26.0 Å². The van der Waals surface area contributed by atoms with Gasteiger partial charge in [-0.25, -0.2) is 0 Å². The highest BCUT2D eigenvalue weighted by Crippen LogP contribution is 2.35. The Bertz CT molecular complexity index is 636. The van der Waals surface area contributed by atoms with Gasteiger partial charge in [0.05, 0.1) is 0 Å². The lowest BCUT2D eigenvalue weighted by molar-refractivity contribution is 0.443. The van der Waals surface area contributed by atoms with Crippen LogP contribution in [-0.2, 0) is 0 Å². The largest absolute Gasteiger partial charge is 0.399 e. The molecule has 2 N–H and O–H groups in total. The molecular weight excluding hydrogens is 278 g/mol. The second-order valence-corrected chi connectivity index (χ2v) is 7.08. The highest BCUT2D eigenvalue weighted by Gasteiger charge is 2.18. The summed E-state index contributed by atoms with van der Waals surface area (Å²) in [5.74, 6) is 1.26. The van der Waals surface area contributed by atoms with Crippen molar-refractivity contribution >= 4 is 5.69 Å². The number of hydrogen-bond acceptors (Lipinski definition) is 1. The van der Waals surface area contributed by atoms with Crippen LogP contribution in [0.25, 0.3) is 0 Å². The lowest BCUT2D eigenvalue weighted by atomic mass is 9.82. The molecule has 0 bridgehead atoms. The van der Waals surface area contributed by atoms with Crippen LogP contribution in [0.2, 0.25) is 0 Å². The van der Waals surface area contributed by atoms with E-state index in [0.29, 0.717) is 5.92 Å². The van der Waals surface area contributed by atoms with Crippen LogP contribution in [0.4, 0.5) is 5.69 Å². The molecule has 0 heterocycles. The minimum absolute atomic E-state index is 0.469. The van der Waals surface area contributed by atoms with Gasteiger partial charge in [0, 0.05) is 11.6 Å². The van der Waals surface area contributed by atoms with E-state index in [1.165, 1.54) is 54.4 Å². The second-order valence-electron chi connectivity index (χ2n) is 7.08. The van der Waals surface area contributed by atoms with Crippen molar-refractivity contribution in [3.63, 3.8) is 0 Å². The lowest BCUT2D eigenvalue weighted by Crippen LogP contribution is -2.06. The first-order valence-electron chi connectivity index (χ1n) is 9.15. The Hall–Kier alpha value is -1.76. The number of nitrogen functional groups attached to an aromatic ring is 1. The molecule has 2 aromatic rings. The molecule has 1 saturated carbocycles. The van der Waals surface area contributed by atoms with Crippen LogP contribution in [0.15, 0.2) is 42.5 Å². The summed E-state index contributed by atoms with van der Waals surface area (Å²) < 4.78 is 0. The van der Waals surface area contributed by atoms with Crippen molar-refractivity contribution in [2.75, 3.05) is 5.73 Å². The third-order valence-corrected chi connectivity index (χ3v) is 5.49. The van der Waals surface area contributed by atoms with Crippen molar-refractivity contribution in [3.05, 3.63) is 64.7 Å². The van der Waals surface area contributed by atoms with Crippen LogP contribution in [-0.4, -0.2) is 0 Å². The highest BCUT2D eigenvalue weighted by atomic mass is 14.5. The molecule has 23 heavy (non-hydrogen) atoms. The minimum atomic E-state index is 0.469. The van der Waals surface area contributed by atoms with Crippen molar-refractivity contribution in [1.29, 1.82) is 0 Å². The Morgan fingerprint density at radius 2 is 1.70 bits per heavy atom. The van der Waals surface area contributed by atoms with Crippen LogP contribution >= 0.6 is 0 Å². The van der Waals surface area contributed by atoms with E-state index in [-0.39, 0.29) is 0 Å². The summed E-state index contributed by atoms with van der Waals surface area (Å²) in [6.07, 6.45) is 8.07. The molecule has 1 nitrogen and oxygen atoms in total. The Balaban J connectivity index is 1.83. The molecule has 0 aliphatic heterocycles. The zero-order chi connectivity index (χ0) is 16.2. The molecule has 1 fully saturated rings. The van der Waals surface area contributed by atoms with Crippen LogP contribution in [0, 0.1) is 6.92 Å². The Kier molecular flexibility index (Phi) is 5.05. The van der Waals surface area contributed by atoms with Gasteiger partial charge in [-0.1, -0.05) is 56.5 Å². The van der Waals surface area contributed by atoms with Crippen molar-refractivity contribution in [1.82, 2.24) is 0 Å². The van der Waals surface area contributed by atoms with E-state index in [4.69, 9.17) is 5.73 Å². The summed E-state index contributed by atoms with van der Waals surface area (Å²) in [7, 11) is 0. The van der Waals surface area contributed by atoms with E-state index in [9.17, 15) is 0 Å². The lowest BCUT2D eigenvalue weighted by Gasteiger charge is -2.23. The molecule has 0 amide bonds. The smallest absolute Gasteiger partial charge is 0.0316 e. The van der Waals surface area contributed by atoms with Gasteiger partial charge in [0.15, 0.2) is 0 Å². The predicted octanol–water partition coefficient (Wildman–Crippen LogP) is 6.17. The third-order valence-electron chi connectivity index (χ3n) is 5.49. The standard InChI is InChI=1S/C22H29N/c1-3-21(22-14-13-20(23)15-16(22)2)19-11-9-18(10-12-19)17-7-5-4-6-8-17/h9-15,17,21H,3-8,23H2,1-2H3. The first-order chi connectivity index (χ1) is 11.2. The first kappa shape index (κ1) is 16.1. The molecule has 1 heteroatoms. The van der Waals surface area contributed by atoms with Gasteiger partial charge in [0.25, 0.3) is 0 Å². The van der Waals surface area contributed by atoms with Crippen LogP contribution in [0.1, 0.15) is 79.5 Å². The monoisotopic (exact) mass is 307 g/mol. The SMILES string of the molecule is CCC(c1ccc(C2CCCCC2)cc1)c1ccc(N)cc1C. The summed E-state index contributed by atoms with van der Waals surface area (Å²) in [6.45, 7) is 4.44. The fourth-order valence-corrected chi connectivity index (χ4v) is 4.16. The number of benzene rings is 2. The number of anilines is 1. The Morgan fingerprint density at radius 3 is 2.30 bits per heavy atom. The van der Waals surface area contributed by atoms with E-state index in [1.807, 2.05) is 6.07 Å². The van der Waals surface area contributed by atoms with Crippen molar-refractivity contribution in [2.45, 2.75) is 64.2 Å². The molecule has 2 aromatic carbocycles. The molecular formula is C22H29N. The van der Waals surface area contributed by atoms with Gasteiger partial charge in [-0.05, 0) is 66.5 Å². The van der Waals surface area contributed by atoms with Crippen molar-refractivity contribution in [3.8, 4) is 0 Å². The Morgan fingerprint density at radius 1 is 1.00 bits per heavy atom. The fourth-order valence-electron chi connectivity index (χ4n) is 4.16. The average molecular weight is 307 g/mol. The van der Waals surface area contributed by atoms with Crippen molar-refractivity contribution < 1.29 is 0 Å². The molecule has 1 aliphatic rings. The molecule has 0 aromatic heterocycles. The molecule has 1 aliphatic carbocycles. The fraction of sp³-hybridized carbons (Fsp3) is 0.455. The maximum Gasteiger partial charge on any atom is 0.0316 e. The number of rotatable bonds is 4. The Labute approximate surface area is 140 Å². The van der Waals surface area contributed by atoms with Gasteiger partial charge >= 0.3 is 0 Å². The summed E-state index contributed by atoms with van der Waals surface area (Å²) in [5.41, 5.74) is 12.4. The minimum Gasteiger partial charge on any atom is -0.399 e. The third kappa shape index (κ3) is 3.60. The molecule has 0 saturated heterocycles. The molecule has 0 spiro atoms. The second kappa shape index (κ2) is 7.21. The summed E-state index contributed by atoms with van der Waals surface area (Å²) in [6, 6.07) is 15.8. The van der Waals surface area contributed by atoms with Crippen LogP contribution in [0.3, 0.4) is 0 Å². The van der Waals surface area contributed by atoms with E-state index in [1.54, 1.807) is 0 Å².